The first-order valence-electron chi connectivity index (χ1n) is 11.6. The molecule has 34 heavy (non-hydrogen) atoms. The van der Waals surface area contributed by atoms with Gasteiger partial charge in [-0.1, -0.05) is 0 Å². The van der Waals surface area contributed by atoms with Gasteiger partial charge in [-0.05, 0) is 49.4 Å². The van der Waals surface area contributed by atoms with E-state index in [2.05, 4.69) is 9.80 Å². The van der Waals surface area contributed by atoms with Crippen molar-refractivity contribution in [2.45, 2.75) is 13.0 Å². The molecule has 0 saturated carbocycles. The first-order valence-corrected chi connectivity index (χ1v) is 11.6. The highest BCUT2D eigenvalue weighted by Gasteiger charge is 2.23. The first kappa shape index (κ1) is 22.7. The van der Waals surface area contributed by atoms with Crippen molar-refractivity contribution >= 4 is 11.0 Å². The van der Waals surface area contributed by atoms with Crippen molar-refractivity contribution in [1.29, 1.82) is 0 Å². The smallest absolute Gasteiger partial charge is 0.344 e. The van der Waals surface area contributed by atoms with Crippen LogP contribution in [0.4, 0.5) is 0 Å². The van der Waals surface area contributed by atoms with Crippen LogP contribution in [-0.2, 0) is 11.3 Å². The summed E-state index contributed by atoms with van der Waals surface area (Å²) in [6.45, 7) is 6.79. The Hall–Kier alpha value is -3.07. The Kier molecular flexibility index (Phi) is 6.71. The van der Waals surface area contributed by atoms with Crippen molar-refractivity contribution in [1.82, 2.24) is 9.80 Å². The van der Waals surface area contributed by atoms with Gasteiger partial charge in [-0.2, -0.15) is 0 Å². The van der Waals surface area contributed by atoms with Gasteiger partial charge in [0.05, 0.1) is 38.6 Å². The Bertz CT molecular complexity index is 1220. The molecule has 180 valence electrons. The number of methoxy groups -OCH3 is 2. The zero-order valence-electron chi connectivity index (χ0n) is 19.7. The largest absolute Gasteiger partial charge is 0.497 e. The third kappa shape index (κ3) is 4.61. The summed E-state index contributed by atoms with van der Waals surface area (Å²) in [5.74, 6) is 1.99. The van der Waals surface area contributed by atoms with E-state index in [4.69, 9.17) is 23.4 Å². The van der Waals surface area contributed by atoms with Crippen LogP contribution >= 0.6 is 0 Å². The molecule has 0 radical (unpaired) electrons. The minimum Gasteiger partial charge on any atom is -0.497 e. The van der Waals surface area contributed by atoms with Gasteiger partial charge >= 0.3 is 5.63 Å². The Morgan fingerprint density at radius 2 is 1.76 bits per heavy atom. The summed E-state index contributed by atoms with van der Waals surface area (Å²) >= 11 is 0. The van der Waals surface area contributed by atoms with E-state index in [1.54, 1.807) is 32.4 Å². The number of rotatable bonds is 7. The SMILES string of the molecule is COc1ccc(OC)c(-c2cc3ccc4c(c3oc2=O)CN(CCCN2CCOCC2)CO4)c1. The van der Waals surface area contributed by atoms with Crippen LogP contribution in [0.5, 0.6) is 17.2 Å². The molecule has 1 fully saturated rings. The van der Waals surface area contributed by atoms with Gasteiger partial charge in [0.25, 0.3) is 0 Å². The van der Waals surface area contributed by atoms with Crippen LogP contribution in [0.2, 0.25) is 0 Å². The number of morpholine rings is 1. The fraction of sp³-hybridized carbons (Fsp3) is 0.423. The van der Waals surface area contributed by atoms with Gasteiger partial charge in [-0.25, -0.2) is 4.79 Å². The van der Waals surface area contributed by atoms with E-state index in [1.165, 1.54) is 0 Å². The highest BCUT2D eigenvalue weighted by Crippen LogP contribution is 2.36. The second-order valence-corrected chi connectivity index (χ2v) is 8.61. The molecule has 2 aliphatic rings. The van der Waals surface area contributed by atoms with E-state index < -0.39 is 5.63 Å². The van der Waals surface area contributed by atoms with E-state index in [1.807, 2.05) is 18.2 Å². The maximum absolute atomic E-state index is 13.1. The van der Waals surface area contributed by atoms with Crippen LogP contribution in [0.25, 0.3) is 22.1 Å². The number of nitrogens with zero attached hydrogens (tertiary/aromatic N) is 2. The number of hydrogen-bond donors (Lipinski definition) is 0. The lowest BCUT2D eigenvalue weighted by Crippen LogP contribution is -2.39. The molecule has 0 spiro atoms. The Labute approximate surface area is 198 Å². The molecule has 0 aliphatic carbocycles. The minimum absolute atomic E-state index is 0.420. The van der Waals surface area contributed by atoms with Crippen LogP contribution in [-0.4, -0.2) is 70.1 Å². The molecule has 0 atom stereocenters. The van der Waals surface area contributed by atoms with Crippen molar-refractivity contribution in [2.24, 2.45) is 0 Å². The van der Waals surface area contributed by atoms with Crippen molar-refractivity contribution in [3.05, 3.63) is 52.4 Å². The summed E-state index contributed by atoms with van der Waals surface area (Å²) < 4.78 is 28.1. The van der Waals surface area contributed by atoms with E-state index in [0.717, 1.165) is 62.5 Å². The molecule has 0 unspecified atom stereocenters. The highest BCUT2D eigenvalue weighted by atomic mass is 16.5. The molecule has 0 N–H and O–H groups in total. The Morgan fingerprint density at radius 1 is 0.941 bits per heavy atom. The summed E-state index contributed by atoms with van der Waals surface area (Å²) in [4.78, 5) is 17.8. The molecule has 0 bridgehead atoms. The minimum atomic E-state index is -0.420. The molecule has 1 aromatic heterocycles. The monoisotopic (exact) mass is 466 g/mol. The van der Waals surface area contributed by atoms with Crippen LogP contribution in [0.3, 0.4) is 0 Å². The second-order valence-electron chi connectivity index (χ2n) is 8.61. The van der Waals surface area contributed by atoms with Crippen molar-refractivity contribution in [3.63, 3.8) is 0 Å². The fourth-order valence-electron chi connectivity index (χ4n) is 4.64. The summed E-state index contributed by atoms with van der Waals surface area (Å²) in [5.41, 5.74) is 2.14. The molecule has 2 aromatic carbocycles. The first-order chi connectivity index (χ1) is 16.7. The van der Waals surface area contributed by atoms with Crippen LogP contribution in [0, 0.1) is 0 Å². The lowest BCUT2D eigenvalue weighted by molar-refractivity contribution is 0.0330. The zero-order chi connectivity index (χ0) is 23.5. The maximum Gasteiger partial charge on any atom is 0.344 e. The molecule has 8 heteroatoms. The number of benzene rings is 2. The molecular weight excluding hydrogens is 436 g/mol. The summed E-state index contributed by atoms with van der Waals surface area (Å²) in [5, 5.41) is 0.844. The molecular formula is C26H30N2O6. The van der Waals surface area contributed by atoms with E-state index >= 15 is 0 Å². The van der Waals surface area contributed by atoms with E-state index in [-0.39, 0.29) is 0 Å². The normalized spacial score (nSPS) is 16.8. The zero-order valence-corrected chi connectivity index (χ0v) is 19.7. The van der Waals surface area contributed by atoms with Crippen LogP contribution in [0.1, 0.15) is 12.0 Å². The molecule has 3 heterocycles. The molecule has 8 nitrogen and oxygen atoms in total. The lowest BCUT2D eigenvalue weighted by Gasteiger charge is -2.31. The van der Waals surface area contributed by atoms with Gasteiger partial charge < -0.3 is 23.4 Å². The van der Waals surface area contributed by atoms with Crippen molar-refractivity contribution in [2.75, 3.05) is 60.3 Å². The van der Waals surface area contributed by atoms with Crippen molar-refractivity contribution in [3.8, 4) is 28.4 Å². The third-order valence-corrected chi connectivity index (χ3v) is 6.50. The predicted octanol–water partition coefficient (Wildman–Crippen LogP) is 3.35. The van der Waals surface area contributed by atoms with Crippen LogP contribution in [0.15, 0.2) is 45.6 Å². The number of fused-ring (bicyclic) bond motifs is 3. The average molecular weight is 467 g/mol. The summed E-state index contributed by atoms with van der Waals surface area (Å²) in [6, 6.07) is 11.1. The summed E-state index contributed by atoms with van der Waals surface area (Å²) in [6.07, 6.45) is 1.05. The van der Waals surface area contributed by atoms with Crippen molar-refractivity contribution < 1.29 is 23.4 Å². The quantitative estimate of drug-likeness (QED) is 0.491. The molecule has 2 aliphatic heterocycles. The molecule has 5 rings (SSSR count). The average Bonchev–Trinajstić information content (AvgIpc) is 2.88. The van der Waals surface area contributed by atoms with E-state index in [9.17, 15) is 4.79 Å². The maximum atomic E-state index is 13.1. The summed E-state index contributed by atoms with van der Waals surface area (Å²) in [7, 11) is 3.17. The fourth-order valence-corrected chi connectivity index (χ4v) is 4.64. The predicted molar refractivity (Wildman–Crippen MR) is 129 cm³/mol. The molecule has 1 saturated heterocycles. The second kappa shape index (κ2) is 10.0. The van der Waals surface area contributed by atoms with E-state index in [0.29, 0.717) is 41.5 Å². The highest BCUT2D eigenvalue weighted by molar-refractivity contribution is 5.87. The topological polar surface area (TPSA) is 73.6 Å². The number of hydrogen-bond acceptors (Lipinski definition) is 8. The molecule has 0 amide bonds. The number of ether oxygens (including phenoxy) is 4. The third-order valence-electron chi connectivity index (χ3n) is 6.50. The molecule has 3 aromatic rings. The van der Waals surface area contributed by atoms with Gasteiger partial charge in [-0.15, -0.1) is 0 Å². The Morgan fingerprint density at radius 3 is 2.56 bits per heavy atom. The van der Waals surface area contributed by atoms with Gasteiger partial charge in [0.15, 0.2) is 0 Å². The van der Waals surface area contributed by atoms with Gasteiger partial charge in [0.2, 0.25) is 0 Å². The lowest BCUT2D eigenvalue weighted by atomic mass is 10.0. The van der Waals surface area contributed by atoms with Crippen LogP contribution < -0.4 is 19.8 Å². The van der Waals surface area contributed by atoms with Gasteiger partial charge in [-0.3, -0.25) is 9.80 Å². The Balaban J connectivity index is 1.40. The van der Waals surface area contributed by atoms with Gasteiger partial charge in [0, 0.05) is 37.1 Å². The van der Waals surface area contributed by atoms with Gasteiger partial charge in [0.1, 0.15) is 29.6 Å². The standard InChI is InChI=1S/C26H30N2O6/c1-30-19-5-7-23(31-2)20(15-19)21-14-18-4-6-24-22(25(18)34-26(21)29)16-28(17-33-24)9-3-8-27-10-12-32-13-11-27/h4-7,14-15H,3,8-13,16-17H2,1-2H3.